The number of alkyl carbamates (subject to hydrolysis) is 1. The summed E-state index contributed by atoms with van der Waals surface area (Å²) < 4.78 is 11.0. The summed E-state index contributed by atoms with van der Waals surface area (Å²) in [4.78, 5) is 27.6. The average Bonchev–Trinajstić information content (AvgIpc) is 3.09. The number of rotatable bonds is 6. The van der Waals surface area contributed by atoms with Crippen LogP contribution in [-0.2, 0) is 26.3 Å². The van der Waals surface area contributed by atoms with E-state index in [-0.39, 0.29) is 13.2 Å². The van der Waals surface area contributed by atoms with Gasteiger partial charge in [0, 0.05) is 5.39 Å². The fourth-order valence-corrected chi connectivity index (χ4v) is 4.23. The van der Waals surface area contributed by atoms with Crippen LogP contribution in [0.2, 0.25) is 0 Å². The Morgan fingerprint density at radius 1 is 1.45 bits per heavy atom. The van der Waals surface area contributed by atoms with Crippen LogP contribution in [0.4, 0.5) is 4.79 Å². The van der Waals surface area contributed by atoms with Crippen molar-refractivity contribution in [2.24, 2.45) is 0 Å². The summed E-state index contributed by atoms with van der Waals surface area (Å²) in [6.07, 6.45) is 0.741. The number of aromatic nitrogens is 1. The van der Waals surface area contributed by atoms with Crippen molar-refractivity contribution in [3.63, 3.8) is 0 Å². The summed E-state index contributed by atoms with van der Waals surface area (Å²) >= 11 is 0. The summed E-state index contributed by atoms with van der Waals surface area (Å²) in [7, 11) is 0. The minimum atomic E-state index is -1.35. The minimum absolute atomic E-state index is 0.127. The first kappa shape index (κ1) is 20.7. The number of H-pyrrole nitrogens is 1. The van der Waals surface area contributed by atoms with Crippen molar-refractivity contribution in [2.45, 2.75) is 51.7 Å². The third kappa shape index (κ3) is 3.42. The van der Waals surface area contributed by atoms with E-state index in [0.29, 0.717) is 30.5 Å². The van der Waals surface area contributed by atoms with Crippen LogP contribution in [0.15, 0.2) is 12.1 Å². The van der Waals surface area contributed by atoms with Gasteiger partial charge in [-0.15, -0.1) is 0 Å². The van der Waals surface area contributed by atoms with Crippen molar-refractivity contribution in [1.29, 1.82) is 5.26 Å². The molecule has 3 rings (SSSR count). The molecule has 1 aliphatic rings. The maximum atomic E-state index is 12.2. The SMILES string of the molecule is CCC[C@]1([C@H](NC(=O)OCC)C(=O)O)OCCc2c1[nH]c1c(C)ccc(C#N)c21. The highest BCUT2D eigenvalue weighted by molar-refractivity contribution is 5.93. The van der Waals surface area contributed by atoms with E-state index in [1.807, 2.05) is 19.9 Å². The van der Waals surface area contributed by atoms with Gasteiger partial charge in [0.15, 0.2) is 6.04 Å². The maximum Gasteiger partial charge on any atom is 0.407 e. The van der Waals surface area contributed by atoms with Crippen molar-refractivity contribution in [3.8, 4) is 6.07 Å². The summed E-state index contributed by atoms with van der Waals surface area (Å²) in [5.74, 6) is -1.21. The smallest absolute Gasteiger partial charge is 0.407 e. The van der Waals surface area contributed by atoms with Crippen LogP contribution in [0.5, 0.6) is 0 Å². The van der Waals surface area contributed by atoms with Gasteiger partial charge in [-0.25, -0.2) is 9.59 Å². The van der Waals surface area contributed by atoms with E-state index >= 15 is 0 Å². The van der Waals surface area contributed by atoms with Crippen LogP contribution in [0.3, 0.4) is 0 Å². The molecule has 0 bridgehead atoms. The largest absolute Gasteiger partial charge is 0.480 e. The highest BCUT2D eigenvalue weighted by Gasteiger charge is 2.51. The number of carbonyl (C=O) groups is 2. The number of nitriles is 1. The number of nitrogens with one attached hydrogen (secondary N) is 2. The molecular weight excluding hydrogens is 374 g/mol. The van der Waals surface area contributed by atoms with Crippen molar-refractivity contribution in [1.82, 2.24) is 10.3 Å². The first-order valence-corrected chi connectivity index (χ1v) is 9.74. The molecule has 154 valence electrons. The zero-order valence-corrected chi connectivity index (χ0v) is 16.8. The number of aryl methyl sites for hydroxylation is 1. The Morgan fingerprint density at radius 2 is 2.21 bits per heavy atom. The number of hydrogen-bond acceptors (Lipinski definition) is 5. The van der Waals surface area contributed by atoms with Crippen molar-refractivity contribution >= 4 is 23.0 Å². The molecule has 0 saturated carbocycles. The van der Waals surface area contributed by atoms with Gasteiger partial charge in [0.05, 0.1) is 36.1 Å². The number of aromatic amines is 1. The molecule has 3 N–H and O–H groups in total. The molecular formula is C21H25N3O5. The first-order chi connectivity index (χ1) is 13.9. The van der Waals surface area contributed by atoms with Crippen LogP contribution in [0.25, 0.3) is 10.9 Å². The lowest BCUT2D eigenvalue weighted by molar-refractivity contribution is -0.156. The number of ether oxygens (including phenoxy) is 2. The van der Waals surface area contributed by atoms with E-state index in [0.717, 1.165) is 22.0 Å². The van der Waals surface area contributed by atoms with Crippen molar-refractivity contribution in [3.05, 3.63) is 34.5 Å². The molecule has 0 saturated heterocycles. The van der Waals surface area contributed by atoms with E-state index in [2.05, 4.69) is 16.4 Å². The molecule has 8 nitrogen and oxygen atoms in total. The van der Waals surface area contributed by atoms with Gasteiger partial charge in [0.1, 0.15) is 5.60 Å². The minimum Gasteiger partial charge on any atom is -0.480 e. The number of amides is 1. The Hall–Kier alpha value is -3.05. The monoisotopic (exact) mass is 399 g/mol. The molecule has 8 heteroatoms. The number of benzene rings is 1. The normalized spacial score (nSPS) is 19.2. The molecule has 1 amide bonds. The maximum absolute atomic E-state index is 12.2. The molecule has 2 heterocycles. The van der Waals surface area contributed by atoms with Gasteiger partial charge in [0.25, 0.3) is 0 Å². The zero-order valence-electron chi connectivity index (χ0n) is 16.8. The Labute approximate surface area is 168 Å². The molecule has 2 aromatic rings. The van der Waals surface area contributed by atoms with Crippen LogP contribution in [0.1, 0.15) is 49.1 Å². The third-order valence-corrected chi connectivity index (χ3v) is 5.39. The Morgan fingerprint density at radius 3 is 2.83 bits per heavy atom. The molecule has 0 unspecified atom stereocenters. The van der Waals surface area contributed by atoms with E-state index in [1.165, 1.54) is 0 Å². The topological polar surface area (TPSA) is 124 Å². The quantitative estimate of drug-likeness (QED) is 0.685. The molecule has 0 radical (unpaired) electrons. The van der Waals surface area contributed by atoms with Gasteiger partial charge in [-0.1, -0.05) is 19.4 Å². The van der Waals surface area contributed by atoms with Gasteiger partial charge in [-0.3, -0.25) is 0 Å². The van der Waals surface area contributed by atoms with Gasteiger partial charge in [0.2, 0.25) is 0 Å². The molecule has 2 atom stereocenters. The lowest BCUT2D eigenvalue weighted by Crippen LogP contribution is -2.58. The highest BCUT2D eigenvalue weighted by Crippen LogP contribution is 2.43. The standard InChI is InChI=1S/C21H25N3O5/c1-4-9-21(18(19(25)26)24-20(27)28-5-2)17-14(8-10-29-21)15-13(11-22)7-6-12(3)16(15)23-17/h6-7,18,23H,4-5,8-10H2,1-3H3,(H,24,27)(H,25,26)/t18-,21+/m1/s1. The van der Waals surface area contributed by atoms with Crippen LogP contribution >= 0.6 is 0 Å². The summed E-state index contributed by atoms with van der Waals surface area (Å²) in [6, 6.07) is 4.51. The number of aliphatic carboxylic acids is 1. The number of nitrogens with zero attached hydrogens (tertiary/aromatic N) is 1. The molecule has 29 heavy (non-hydrogen) atoms. The van der Waals surface area contributed by atoms with Gasteiger partial charge in [-0.2, -0.15) is 5.26 Å². The fraction of sp³-hybridized carbons (Fsp3) is 0.476. The Kier molecular flexibility index (Phi) is 5.80. The van der Waals surface area contributed by atoms with Crippen molar-refractivity contribution < 1.29 is 24.2 Å². The van der Waals surface area contributed by atoms with Gasteiger partial charge in [-0.05, 0) is 43.9 Å². The second-order valence-corrected chi connectivity index (χ2v) is 7.14. The Balaban J connectivity index is 2.25. The molecule has 0 aliphatic carbocycles. The highest BCUT2D eigenvalue weighted by atomic mass is 16.6. The molecule has 0 spiro atoms. The second kappa shape index (κ2) is 8.13. The van der Waals surface area contributed by atoms with E-state index < -0.39 is 23.7 Å². The molecule has 1 aromatic carbocycles. The molecule has 1 aliphatic heterocycles. The summed E-state index contributed by atoms with van der Waals surface area (Å²) in [5, 5.41) is 22.8. The molecule has 0 fully saturated rings. The van der Waals surface area contributed by atoms with E-state index in [4.69, 9.17) is 9.47 Å². The number of fused-ring (bicyclic) bond motifs is 3. The number of carbonyl (C=O) groups excluding carboxylic acids is 1. The number of carboxylic acid groups (broad SMARTS) is 1. The second-order valence-electron chi connectivity index (χ2n) is 7.14. The summed E-state index contributed by atoms with van der Waals surface area (Å²) in [5.41, 5.74) is 2.46. The molecule has 1 aromatic heterocycles. The zero-order chi connectivity index (χ0) is 21.2. The number of hydrogen-bond donors (Lipinski definition) is 3. The lowest BCUT2D eigenvalue weighted by atomic mass is 9.81. The average molecular weight is 399 g/mol. The third-order valence-electron chi connectivity index (χ3n) is 5.39. The first-order valence-electron chi connectivity index (χ1n) is 9.74. The van der Waals surface area contributed by atoms with Crippen LogP contribution in [-0.4, -0.2) is 41.4 Å². The van der Waals surface area contributed by atoms with Crippen molar-refractivity contribution in [2.75, 3.05) is 13.2 Å². The summed E-state index contributed by atoms with van der Waals surface area (Å²) in [6.45, 7) is 5.92. The Bertz CT molecular complexity index is 990. The van der Waals surface area contributed by atoms with Crippen LogP contribution in [0, 0.1) is 18.3 Å². The van der Waals surface area contributed by atoms with E-state index in [1.54, 1.807) is 13.0 Å². The van der Waals surface area contributed by atoms with Gasteiger partial charge >= 0.3 is 12.1 Å². The van der Waals surface area contributed by atoms with E-state index in [9.17, 15) is 20.0 Å². The van der Waals surface area contributed by atoms with Gasteiger partial charge < -0.3 is 24.9 Å². The predicted molar refractivity (Wildman–Crippen MR) is 106 cm³/mol. The lowest BCUT2D eigenvalue weighted by Gasteiger charge is -2.41. The fourth-order valence-electron chi connectivity index (χ4n) is 4.23. The number of carboxylic acids is 1. The predicted octanol–water partition coefficient (Wildman–Crippen LogP) is 3.12. The van der Waals surface area contributed by atoms with Crippen LogP contribution < -0.4 is 5.32 Å².